The molecule has 1 saturated heterocycles. The largest absolute Gasteiger partial charge is 0.489 e. The van der Waals surface area contributed by atoms with Crippen LogP contribution in [-0.2, 0) is 17.7 Å². The van der Waals surface area contributed by atoms with E-state index in [9.17, 15) is 4.79 Å². The van der Waals surface area contributed by atoms with E-state index >= 15 is 0 Å². The average molecular weight is 372 g/mol. The monoisotopic (exact) mass is 372 g/mol. The number of urea groups is 1. The zero-order valence-electron chi connectivity index (χ0n) is 14.8. The summed E-state index contributed by atoms with van der Waals surface area (Å²) in [5, 5.41) is 5.12. The molecule has 1 aromatic carbocycles. The number of rotatable bonds is 4. The molecule has 2 aromatic rings. The highest BCUT2D eigenvalue weighted by Crippen LogP contribution is 2.27. The first-order valence-corrected chi connectivity index (χ1v) is 10.1. The van der Waals surface area contributed by atoms with Crippen molar-refractivity contribution in [1.82, 2.24) is 4.90 Å². The van der Waals surface area contributed by atoms with E-state index in [-0.39, 0.29) is 12.1 Å². The van der Waals surface area contributed by atoms with Gasteiger partial charge in [0.1, 0.15) is 12.4 Å². The number of ether oxygens (including phenoxy) is 2. The van der Waals surface area contributed by atoms with Gasteiger partial charge >= 0.3 is 6.03 Å². The molecule has 2 amide bonds. The number of nitrogens with one attached hydrogen (secondary N) is 1. The lowest BCUT2D eigenvalue weighted by atomic mass is 10.1. The zero-order chi connectivity index (χ0) is 17.8. The van der Waals surface area contributed by atoms with E-state index in [1.165, 1.54) is 16.9 Å². The minimum absolute atomic E-state index is 0.0770. The summed E-state index contributed by atoms with van der Waals surface area (Å²) in [6.45, 7) is 2.75. The van der Waals surface area contributed by atoms with Crippen molar-refractivity contribution in [2.75, 3.05) is 25.1 Å². The average Bonchev–Trinajstić information content (AvgIpc) is 3.16. The predicted molar refractivity (Wildman–Crippen MR) is 103 cm³/mol. The maximum atomic E-state index is 12.7. The first-order chi connectivity index (χ1) is 12.8. The number of hydrogen-bond acceptors (Lipinski definition) is 4. The molecule has 0 radical (unpaired) electrons. The van der Waals surface area contributed by atoms with E-state index in [0.29, 0.717) is 24.6 Å². The standard InChI is InChI=1S/C20H24N2O3S/c23-20(22-10-8-19-15(13-22)9-12-26-19)21-17-6-1-2-7-18(17)25-14-16-5-3-4-11-24-16/h1-2,6-7,9,12,16H,3-5,8,10-11,13-14H2,(H,21,23). The second-order valence-electron chi connectivity index (χ2n) is 6.77. The van der Waals surface area contributed by atoms with Crippen molar-refractivity contribution in [1.29, 1.82) is 0 Å². The Hall–Kier alpha value is -2.05. The maximum absolute atomic E-state index is 12.7. The SMILES string of the molecule is O=C(Nc1ccccc1OCC1CCCCO1)N1CCc2sccc2C1. The van der Waals surface area contributed by atoms with E-state index < -0.39 is 0 Å². The molecule has 0 saturated carbocycles. The number of carbonyl (C=O) groups excluding carboxylic acids is 1. The summed E-state index contributed by atoms with van der Waals surface area (Å²) in [6, 6.07) is 9.64. The number of para-hydroxylation sites is 2. The molecule has 4 rings (SSSR count). The Labute approximate surface area is 157 Å². The van der Waals surface area contributed by atoms with Crippen molar-refractivity contribution >= 4 is 23.1 Å². The summed E-state index contributed by atoms with van der Waals surface area (Å²) in [6.07, 6.45) is 4.42. The number of fused-ring (bicyclic) bond motifs is 1. The Morgan fingerprint density at radius 3 is 3.12 bits per heavy atom. The van der Waals surface area contributed by atoms with Gasteiger partial charge in [-0.3, -0.25) is 0 Å². The van der Waals surface area contributed by atoms with Gasteiger partial charge in [-0.05, 0) is 54.8 Å². The molecule has 0 bridgehead atoms. The molecule has 1 fully saturated rings. The predicted octanol–water partition coefficient (Wildman–Crippen LogP) is 4.29. The van der Waals surface area contributed by atoms with Gasteiger partial charge in [0.05, 0.1) is 11.8 Å². The molecule has 1 unspecified atom stereocenters. The van der Waals surface area contributed by atoms with Crippen LogP contribution in [0.1, 0.15) is 29.7 Å². The van der Waals surface area contributed by atoms with Gasteiger partial charge in [0.2, 0.25) is 0 Å². The first-order valence-electron chi connectivity index (χ1n) is 9.24. The Morgan fingerprint density at radius 2 is 2.23 bits per heavy atom. The molecule has 138 valence electrons. The first kappa shape index (κ1) is 17.4. The molecule has 3 heterocycles. The normalized spacial score (nSPS) is 19.7. The summed E-state index contributed by atoms with van der Waals surface area (Å²) in [7, 11) is 0. The highest BCUT2D eigenvalue weighted by Gasteiger charge is 2.22. The number of hydrogen-bond donors (Lipinski definition) is 1. The minimum Gasteiger partial charge on any atom is -0.489 e. The van der Waals surface area contributed by atoms with Crippen molar-refractivity contribution in [2.24, 2.45) is 0 Å². The molecular formula is C20H24N2O3S. The molecule has 2 aliphatic rings. The molecule has 26 heavy (non-hydrogen) atoms. The molecular weight excluding hydrogens is 348 g/mol. The molecule has 2 aliphatic heterocycles. The maximum Gasteiger partial charge on any atom is 0.322 e. The topological polar surface area (TPSA) is 50.8 Å². The number of nitrogens with zero attached hydrogens (tertiary/aromatic N) is 1. The van der Waals surface area contributed by atoms with Crippen molar-refractivity contribution in [3.05, 3.63) is 46.2 Å². The van der Waals surface area contributed by atoms with Crippen LogP contribution in [0.25, 0.3) is 0 Å². The highest BCUT2D eigenvalue weighted by molar-refractivity contribution is 7.10. The van der Waals surface area contributed by atoms with Crippen molar-refractivity contribution in [3.8, 4) is 5.75 Å². The lowest BCUT2D eigenvalue weighted by molar-refractivity contribution is -0.0109. The fraction of sp³-hybridized carbons (Fsp3) is 0.450. The third-order valence-electron chi connectivity index (χ3n) is 4.92. The van der Waals surface area contributed by atoms with Crippen LogP contribution in [0.3, 0.4) is 0 Å². The van der Waals surface area contributed by atoms with Gasteiger partial charge in [-0.1, -0.05) is 12.1 Å². The van der Waals surface area contributed by atoms with Gasteiger partial charge in [-0.25, -0.2) is 4.79 Å². The summed E-state index contributed by atoms with van der Waals surface area (Å²) in [5.41, 5.74) is 1.97. The van der Waals surface area contributed by atoms with Crippen LogP contribution in [-0.4, -0.2) is 36.8 Å². The lowest BCUT2D eigenvalue weighted by Crippen LogP contribution is -2.38. The molecule has 0 spiro atoms. The molecule has 1 aromatic heterocycles. The highest BCUT2D eigenvalue weighted by atomic mass is 32.1. The van der Waals surface area contributed by atoms with Crippen LogP contribution < -0.4 is 10.1 Å². The van der Waals surface area contributed by atoms with E-state index in [0.717, 1.165) is 32.4 Å². The second-order valence-corrected chi connectivity index (χ2v) is 7.77. The summed E-state index contributed by atoms with van der Waals surface area (Å²) in [4.78, 5) is 15.9. The summed E-state index contributed by atoms with van der Waals surface area (Å²) < 4.78 is 11.7. The van der Waals surface area contributed by atoms with Gasteiger partial charge in [0.25, 0.3) is 0 Å². The third kappa shape index (κ3) is 4.02. The van der Waals surface area contributed by atoms with Crippen LogP contribution in [0.5, 0.6) is 5.75 Å². The van der Waals surface area contributed by atoms with Crippen molar-refractivity contribution in [2.45, 2.75) is 38.3 Å². The van der Waals surface area contributed by atoms with Gasteiger partial charge < -0.3 is 19.7 Å². The number of thiophene rings is 1. The molecule has 6 heteroatoms. The number of carbonyl (C=O) groups is 1. The lowest BCUT2D eigenvalue weighted by Gasteiger charge is -2.27. The smallest absolute Gasteiger partial charge is 0.322 e. The van der Waals surface area contributed by atoms with Gasteiger partial charge in [-0.15, -0.1) is 11.3 Å². The Balaban J connectivity index is 1.37. The van der Waals surface area contributed by atoms with Crippen LogP contribution >= 0.6 is 11.3 Å². The Morgan fingerprint density at radius 1 is 1.31 bits per heavy atom. The van der Waals surface area contributed by atoms with E-state index in [1.54, 1.807) is 11.3 Å². The molecule has 1 atom stereocenters. The van der Waals surface area contributed by atoms with Gasteiger partial charge in [-0.2, -0.15) is 0 Å². The zero-order valence-corrected chi connectivity index (χ0v) is 15.6. The third-order valence-corrected chi connectivity index (χ3v) is 5.95. The van der Waals surface area contributed by atoms with E-state index in [1.807, 2.05) is 29.2 Å². The fourth-order valence-electron chi connectivity index (χ4n) is 3.43. The summed E-state index contributed by atoms with van der Waals surface area (Å²) >= 11 is 1.78. The Bertz CT molecular complexity index is 755. The van der Waals surface area contributed by atoms with E-state index in [4.69, 9.17) is 9.47 Å². The number of benzene rings is 1. The van der Waals surface area contributed by atoms with Crippen LogP contribution in [0.4, 0.5) is 10.5 Å². The molecule has 1 N–H and O–H groups in total. The second kappa shape index (κ2) is 8.10. The van der Waals surface area contributed by atoms with Crippen molar-refractivity contribution in [3.63, 3.8) is 0 Å². The fourth-order valence-corrected chi connectivity index (χ4v) is 4.32. The minimum atomic E-state index is -0.0770. The molecule has 5 nitrogen and oxygen atoms in total. The molecule has 0 aliphatic carbocycles. The van der Waals surface area contributed by atoms with Crippen LogP contribution in [0, 0.1) is 0 Å². The quantitative estimate of drug-likeness (QED) is 0.871. The van der Waals surface area contributed by atoms with Crippen molar-refractivity contribution < 1.29 is 14.3 Å². The Kier molecular flexibility index (Phi) is 5.41. The number of amides is 2. The summed E-state index contributed by atoms with van der Waals surface area (Å²) in [5.74, 6) is 0.697. The van der Waals surface area contributed by atoms with Gasteiger partial charge in [0, 0.05) is 24.6 Å². The van der Waals surface area contributed by atoms with Gasteiger partial charge in [0.15, 0.2) is 0 Å². The van der Waals surface area contributed by atoms with Crippen LogP contribution in [0.2, 0.25) is 0 Å². The van der Waals surface area contributed by atoms with E-state index in [2.05, 4.69) is 16.8 Å². The van der Waals surface area contributed by atoms with Crippen LogP contribution in [0.15, 0.2) is 35.7 Å². The number of anilines is 1.